The van der Waals surface area contributed by atoms with E-state index in [4.69, 9.17) is 11.6 Å². The zero-order valence-electron chi connectivity index (χ0n) is 11.6. The number of carbonyl (C=O) groups is 1. The van der Waals surface area contributed by atoms with E-state index < -0.39 is 0 Å². The van der Waals surface area contributed by atoms with Crippen molar-refractivity contribution in [1.29, 1.82) is 0 Å². The van der Waals surface area contributed by atoms with Gasteiger partial charge in [0.1, 0.15) is 0 Å². The lowest BCUT2D eigenvalue weighted by Gasteiger charge is -2.37. The minimum Gasteiger partial charge on any atom is -0.336 e. The first-order chi connectivity index (χ1) is 9.11. The van der Waals surface area contributed by atoms with E-state index in [1.165, 1.54) is 0 Å². The molecule has 1 amide bonds. The van der Waals surface area contributed by atoms with Crippen molar-refractivity contribution in [2.24, 2.45) is 0 Å². The third-order valence-electron chi connectivity index (χ3n) is 3.91. The fourth-order valence-electron chi connectivity index (χ4n) is 2.40. The third kappa shape index (κ3) is 3.48. The van der Waals surface area contributed by atoms with E-state index in [1.54, 1.807) is 24.3 Å². The Morgan fingerprint density at radius 2 is 1.79 bits per heavy atom. The molecule has 1 aliphatic heterocycles. The minimum absolute atomic E-state index is 0.112. The monoisotopic (exact) mass is 280 g/mol. The first kappa shape index (κ1) is 14.4. The van der Waals surface area contributed by atoms with E-state index in [9.17, 15) is 4.79 Å². The summed E-state index contributed by atoms with van der Waals surface area (Å²) in [5.74, 6) is 0.112. The van der Waals surface area contributed by atoms with Gasteiger partial charge in [0.2, 0.25) is 0 Å². The molecule has 4 heteroatoms. The summed E-state index contributed by atoms with van der Waals surface area (Å²) in [5.41, 5.74) is 0.724. The summed E-state index contributed by atoms with van der Waals surface area (Å²) in [6.45, 7) is 8.01. The summed E-state index contributed by atoms with van der Waals surface area (Å²) < 4.78 is 0. The van der Waals surface area contributed by atoms with Crippen molar-refractivity contribution in [1.82, 2.24) is 9.80 Å². The number of halogens is 1. The highest BCUT2D eigenvalue weighted by Crippen LogP contribution is 2.14. The second-order valence-corrected chi connectivity index (χ2v) is 5.53. The molecular weight excluding hydrogens is 260 g/mol. The van der Waals surface area contributed by atoms with Crippen molar-refractivity contribution in [2.45, 2.75) is 26.3 Å². The highest BCUT2D eigenvalue weighted by Gasteiger charge is 2.23. The molecule has 1 fully saturated rings. The Kier molecular flexibility index (Phi) is 4.83. The lowest BCUT2D eigenvalue weighted by Crippen LogP contribution is -2.51. The molecule has 0 radical (unpaired) electrons. The van der Waals surface area contributed by atoms with Crippen LogP contribution in [0.2, 0.25) is 5.02 Å². The average Bonchev–Trinajstić information content (AvgIpc) is 2.46. The van der Waals surface area contributed by atoms with Crippen LogP contribution in [0.3, 0.4) is 0 Å². The first-order valence-electron chi connectivity index (χ1n) is 6.90. The average molecular weight is 281 g/mol. The zero-order valence-corrected chi connectivity index (χ0v) is 12.4. The highest BCUT2D eigenvalue weighted by atomic mass is 35.5. The maximum absolute atomic E-state index is 12.3. The fourth-order valence-corrected chi connectivity index (χ4v) is 2.53. The van der Waals surface area contributed by atoms with Crippen molar-refractivity contribution in [3.8, 4) is 0 Å². The number of hydrogen-bond acceptors (Lipinski definition) is 2. The molecule has 0 saturated carbocycles. The normalized spacial score (nSPS) is 18.4. The third-order valence-corrected chi connectivity index (χ3v) is 4.16. The first-order valence-corrected chi connectivity index (χ1v) is 7.28. The van der Waals surface area contributed by atoms with Gasteiger partial charge >= 0.3 is 0 Å². The summed E-state index contributed by atoms with van der Waals surface area (Å²) in [5, 5.41) is 0.665. The van der Waals surface area contributed by atoms with Crippen molar-refractivity contribution < 1.29 is 4.79 Å². The Bertz CT molecular complexity index is 424. The van der Waals surface area contributed by atoms with E-state index in [1.807, 2.05) is 4.90 Å². The van der Waals surface area contributed by atoms with Crippen molar-refractivity contribution in [2.75, 3.05) is 26.2 Å². The molecule has 0 bridgehead atoms. The molecular formula is C15H21ClN2O. The molecule has 0 aliphatic carbocycles. The van der Waals surface area contributed by atoms with Gasteiger partial charge in [-0.25, -0.2) is 0 Å². The fraction of sp³-hybridized carbons (Fsp3) is 0.533. The minimum atomic E-state index is 0.112. The second kappa shape index (κ2) is 6.40. The number of piperazine rings is 1. The van der Waals surface area contributed by atoms with Crippen LogP contribution in [-0.4, -0.2) is 47.9 Å². The zero-order chi connectivity index (χ0) is 13.8. The Hall–Kier alpha value is -1.06. The number of amides is 1. The molecule has 104 valence electrons. The lowest BCUT2D eigenvalue weighted by molar-refractivity contribution is 0.0579. The Labute approximate surface area is 120 Å². The van der Waals surface area contributed by atoms with Crippen molar-refractivity contribution >= 4 is 17.5 Å². The summed E-state index contributed by atoms with van der Waals surface area (Å²) in [6.07, 6.45) is 1.16. The number of nitrogens with zero attached hydrogens (tertiary/aromatic N) is 2. The molecule has 3 nitrogen and oxygen atoms in total. The van der Waals surface area contributed by atoms with Gasteiger partial charge in [-0.05, 0) is 37.6 Å². The summed E-state index contributed by atoms with van der Waals surface area (Å²) in [4.78, 5) is 16.7. The van der Waals surface area contributed by atoms with E-state index >= 15 is 0 Å². The molecule has 0 spiro atoms. The van der Waals surface area contributed by atoms with Crippen LogP contribution in [0.25, 0.3) is 0 Å². The van der Waals surface area contributed by atoms with Gasteiger partial charge in [-0.2, -0.15) is 0 Å². The van der Waals surface area contributed by atoms with E-state index in [-0.39, 0.29) is 5.91 Å². The summed E-state index contributed by atoms with van der Waals surface area (Å²) in [7, 11) is 0. The molecule has 1 heterocycles. The van der Waals surface area contributed by atoms with Crippen LogP contribution in [0.1, 0.15) is 30.6 Å². The largest absolute Gasteiger partial charge is 0.336 e. The van der Waals surface area contributed by atoms with Crippen LogP contribution in [-0.2, 0) is 0 Å². The Balaban J connectivity index is 1.94. The van der Waals surface area contributed by atoms with Gasteiger partial charge in [0.15, 0.2) is 0 Å². The molecule has 1 aromatic carbocycles. The lowest BCUT2D eigenvalue weighted by atomic mass is 10.1. The predicted octanol–water partition coefficient (Wildman–Crippen LogP) is 2.90. The number of hydrogen-bond donors (Lipinski definition) is 0. The van der Waals surface area contributed by atoms with Crippen LogP contribution < -0.4 is 0 Å². The van der Waals surface area contributed by atoms with Crippen LogP contribution in [0.4, 0.5) is 0 Å². The SMILES string of the molecule is CCC(C)N1CCN(C(=O)c2ccc(Cl)cc2)CC1. The Morgan fingerprint density at radius 3 is 2.32 bits per heavy atom. The molecule has 19 heavy (non-hydrogen) atoms. The van der Waals surface area contributed by atoms with Gasteiger partial charge in [0.05, 0.1) is 0 Å². The van der Waals surface area contributed by atoms with Crippen LogP contribution in [0.15, 0.2) is 24.3 Å². The molecule has 1 saturated heterocycles. The number of carbonyl (C=O) groups excluding carboxylic acids is 1. The maximum atomic E-state index is 12.3. The second-order valence-electron chi connectivity index (χ2n) is 5.09. The maximum Gasteiger partial charge on any atom is 0.253 e. The van der Waals surface area contributed by atoms with E-state index in [2.05, 4.69) is 18.7 Å². The predicted molar refractivity (Wildman–Crippen MR) is 78.7 cm³/mol. The number of rotatable bonds is 3. The van der Waals surface area contributed by atoms with Gasteiger partial charge in [0.25, 0.3) is 5.91 Å². The molecule has 1 atom stereocenters. The molecule has 1 unspecified atom stereocenters. The number of benzene rings is 1. The van der Waals surface area contributed by atoms with Crippen LogP contribution >= 0.6 is 11.6 Å². The van der Waals surface area contributed by atoms with Crippen LogP contribution in [0.5, 0.6) is 0 Å². The van der Waals surface area contributed by atoms with Gasteiger partial charge in [-0.3, -0.25) is 9.69 Å². The quantitative estimate of drug-likeness (QED) is 0.850. The van der Waals surface area contributed by atoms with Crippen molar-refractivity contribution in [3.63, 3.8) is 0 Å². The van der Waals surface area contributed by atoms with E-state index in [0.717, 1.165) is 38.2 Å². The smallest absolute Gasteiger partial charge is 0.253 e. The molecule has 0 aromatic heterocycles. The van der Waals surface area contributed by atoms with Gasteiger partial charge in [0, 0.05) is 42.8 Å². The van der Waals surface area contributed by atoms with Crippen molar-refractivity contribution in [3.05, 3.63) is 34.9 Å². The van der Waals surface area contributed by atoms with Crippen LogP contribution in [0, 0.1) is 0 Å². The highest BCUT2D eigenvalue weighted by molar-refractivity contribution is 6.30. The molecule has 2 rings (SSSR count). The van der Waals surface area contributed by atoms with Gasteiger partial charge in [-0.15, -0.1) is 0 Å². The standard InChI is InChI=1S/C15H21ClN2O/c1-3-12(2)17-8-10-18(11-9-17)15(19)13-4-6-14(16)7-5-13/h4-7,12H,3,8-11H2,1-2H3. The topological polar surface area (TPSA) is 23.6 Å². The van der Waals surface area contributed by atoms with Gasteiger partial charge in [-0.1, -0.05) is 18.5 Å². The molecule has 1 aliphatic rings. The molecule has 0 N–H and O–H groups in total. The van der Waals surface area contributed by atoms with E-state index in [0.29, 0.717) is 11.1 Å². The Morgan fingerprint density at radius 1 is 1.21 bits per heavy atom. The molecule has 1 aromatic rings. The summed E-state index contributed by atoms with van der Waals surface area (Å²) >= 11 is 5.84. The van der Waals surface area contributed by atoms with Gasteiger partial charge < -0.3 is 4.90 Å². The summed E-state index contributed by atoms with van der Waals surface area (Å²) in [6, 6.07) is 7.74.